The van der Waals surface area contributed by atoms with Gasteiger partial charge < -0.3 is 10.2 Å². The predicted molar refractivity (Wildman–Crippen MR) is 69.0 cm³/mol. The van der Waals surface area contributed by atoms with Crippen LogP contribution in [-0.4, -0.2) is 32.1 Å². The monoisotopic (exact) mass is 270 g/mol. The number of nitrogens with one attached hydrogen (secondary N) is 1. The fraction of sp³-hybridized carbons (Fsp3) is 0.500. The Balaban J connectivity index is 2.18. The molecular formula is C12H19BrN2. The van der Waals surface area contributed by atoms with E-state index in [1.807, 2.05) is 6.07 Å². The number of rotatable bonds is 6. The summed E-state index contributed by atoms with van der Waals surface area (Å²) >= 11 is 3.54. The van der Waals surface area contributed by atoms with Crippen LogP contribution in [0.4, 0.5) is 0 Å². The highest BCUT2D eigenvalue weighted by molar-refractivity contribution is 9.10. The second-order valence-corrected chi connectivity index (χ2v) is 4.78. The van der Waals surface area contributed by atoms with Crippen LogP contribution < -0.4 is 5.32 Å². The van der Waals surface area contributed by atoms with E-state index in [-0.39, 0.29) is 0 Å². The first-order valence-electron chi connectivity index (χ1n) is 5.29. The Morgan fingerprint density at radius 3 is 2.67 bits per heavy atom. The normalized spacial score (nSPS) is 10.9. The third-order valence-electron chi connectivity index (χ3n) is 2.23. The second kappa shape index (κ2) is 6.99. The van der Waals surface area contributed by atoms with Crippen LogP contribution in [0.3, 0.4) is 0 Å². The van der Waals surface area contributed by atoms with E-state index in [0.29, 0.717) is 0 Å². The van der Waals surface area contributed by atoms with Crippen LogP contribution in [0.1, 0.15) is 12.0 Å². The summed E-state index contributed by atoms with van der Waals surface area (Å²) in [5.41, 5.74) is 1.32. The number of nitrogens with zero attached hydrogens (tertiary/aromatic N) is 1. The predicted octanol–water partition coefficient (Wildman–Crippen LogP) is 2.49. The molecule has 0 heterocycles. The van der Waals surface area contributed by atoms with Crippen molar-refractivity contribution in [3.05, 3.63) is 34.3 Å². The summed E-state index contributed by atoms with van der Waals surface area (Å²) in [6.45, 7) is 3.15. The Morgan fingerprint density at radius 1 is 1.27 bits per heavy atom. The Hall–Kier alpha value is -0.380. The SMILES string of the molecule is CN(C)CCCNCc1ccccc1Br. The number of hydrogen-bond donors (Lipinski definition) is 1. The van der Waals surface area contributed by atoms with Crippen LogP contribution >= 0.6 is 15.9 Å². The van der Waals surface area contributed by atoms with Crippen molar-refractivity contribution in [1.82, 2.24) is 10.2 Å². The Morgan fingerprint density at radius 2 is 2.00 bits per heavy atom. The van der Waals surface area contributed by atoms with Gasteiger partial charge >= 0.3 is 0 Å². The highest BCUT2D eigenvalue weighted by Crippen LogP contribution is 2.15. The minimum absolute atomic E-state index is 0.939. The van der Waals surface area contributed by atoms with Crippen molar-refractivity contribution in [1.29, 1.82) is 0 Å². The molecule has 0 aliphatic heterocycles. The van der Waals surface area contributed by atoms with Crippen molar-refractivity contribution in [3.8, 4) is 0 Å². The molecule has 0 aromatic heterocycles. The summed E-state index contributed by atoms with van der Waals surface area (Å²) in [5.74, 6) is 0. The molecule has 0 unspecified atom stereocenters. The lowest BCUT2D eigenvalue weighted by Crippen LogP contribution is -2.21. The fourth-order valence-electron chi connectivity index (χ4n) is 1.39. The molecule has 0 fully saturated rings. The van der Waals surface area contributed by atoms with Crippen LogP contribution in [0.15, 0.2) is 28.7 Å². The van der Waals surface area contributed by atoms with Gasteiger partial charge in [-0.1, -0.05) is 34.1 Å². The maximum atomic E-state index is 3.54. The minimum atomic E-state index is 0.939. The Kier molecular flexibility index (Phi) is 5.91. The summed E-state index contributed by atoms with van der Waals surface area (Å²) in [5, 5.41) is 3.44. The molecule has 0 bridgehead atoms. The lowest BCUT2D eigenvalue weighted by atomic mass is 10.2. The Labute approximate surface area is 101 Å². The molecule has 1 aromatic rings. The van der Waals surface area contributed by atoms with Gasteiger partial charge in [0, 0.05) is 11.0 Å². The van der Waals surface area contributed by atoms with Crippen molar-refractivity contribution in [2.75, 3.05) is 27.2 Å². The fourth-order valence-corrected chi connectivity index (χ4v) is 1.81. The maximum Gasteiger partial charge on any atom is 0.0220 e. The van der Waals surface area contributed by atoms with Gasteiger partial charge in [0.2, 0.25) is 0 Å². The van der Waals surface area contributed by atoms with Crippen LogP contribution in [0.2, 0.25) is 0 Å². The van der Waals surface area contributed by atoms with Crippen LogP contribution in [-0.2, 0) is 6.54 Å². The number of hydrogen-bond acceptors (Lipinski definition) is 2. The molecule has 0 saturated carbocycles. The first-order chi connectivity index (χ1) is 7.20. The molecule has 0 amide bonds. The van der Waals surface area contributed by atoms with Crippen LogP contribution in [0.5, 0.6) is 0 Å². The van der Waals surface area contributed by atoms with Gasteiger partial charge in [0.15, 0.2) is 0 Å². The van der Waals surface area contributed by atoms with Gasteiger partial charge in [0.05, 0.1) is 0 Å². The molecule has 3 heteroatoms. The van der Waals surface area contributed by atoms with Gasteiger partial charge in [-0.2, -0.15) is 0 Å². The molecule has 1 rings (SSSR count). The van der Waals surface area contributed by atoms with E-state index in [0.717, 1.165) is 19.6 Å². The van der Waals surface area contributed by atoms with Crippen molar-refractivity contribution < 1.29 is 0 Å². The Bertz CT molecular complexity index is 287. The molecular weight excluding hydrogens is 252 g/mol. The van der Waals surface area contributed by atoms with E-state index >= 15 is 0 Å². The number of halogens is 1. The minimum Gasteiger partial charge on any atom is -0.313 e. The van der Waals surface area contributed by atoms with E-state index in [9.17, 15) is 0 Å². The summed E-state index contributed by atoms with van der Waals surface area (Å²) < 4.78 is 1.19. The van der Waals surface area contributed by atoms with Crippen molar-refractivity contribution in [2.24, 2.45) is 0 Å². The molecule has 0 atom stereocenters. The average molecular weight is 271 g/mol. The van der Waals surface area contributed by atoms with Crippen LogP contribution in [0, 0.1) is 0 Å². The number of benzene rings is 1. The molecule has 1 N–H and O–H groups in total. The highest BCUT2D eigenvalue weighted by Gasteiger charge is 1.97. The van der Waals surface area contributed by atoms with E-state index < -0.39 is 0 Å². The topological polar surface area (TPSA) is 15.3 Å². The van der Waals surface area contributed by atoms with E-state index in [4.69, 9.17) is 0 Å². The summed E-state index contributed by atoms with van der Waals surface area (Å²) in [6, 6.07) is 8.33. The van der Waals surface area contributed by atoms with Gasteiger partial charge in [-0.05, 0) is 45.2 Å². The zero-order chi connectivity index (χ0) is 11.1. The third kappa shape index (κ3) is 5.30. The molecule has 0 aliphatic carbocycles. The van der Waals surface area contributed by atoms with Crippen molar-refractivity contribution >= 4 is 15.9 Å². The standard InChI is InChI=1S/C12H19BrN2/c1-15(2)9-5-8-14-10-11-6-3-4-7-12(11)13/h3-4,6-7,14H,5,8-10H2,1-2H3. The smallest absolute Gasteiger partial charge is 0.0220 e. The zero-order valence-electron chi connectivity index (χ0n) is 9.46. The summed E-state index contributed by atoms with van der Waals surface area (Å²) in [4.78, 5) is 2.21. The largest absolute Gasteiger partial charge is 0.313 e. The summed E-state index contributed by atoms with van der Waals surface area (Å²) in [6.07, 6.45) is 1.19. The first-order valence-corrected chi connectivity index (χ1v) is 6.08. The lowest BCUT2D eigenvalue weighted by molar-refractivity contribution is 0.394. The first kappa shape index (κ1) is 12.7. The van der Waals surface area contributed by atoms with Crippen LogP contribution in [0.25, 0.3) is 0 Å². The molecule has 0 radical (unpaired) electrons. The molecule has 15 heavy (non-hydrogen) atoms. The third-order valence-corrected chi connectivity index (χ3v) is 3.01. The lowest BCUT2D eigenvalue weighted by Gasteiger charge is -2.10. The quantitative estimate of drug-likeness (QED) is 0.800. The summed E-state index contributed by atoms with van der Waals surface area (Å²) in [7, 11) is 4.21. The zero-order valence-corrected chi connectivity index (χ0v) is 11.0. The van der Waals surface area contributed by atoms with Gasteiger partial charge in [-0.15, -0.1) is 0 Å². The van der Waals surface area contributed by atoms with E-state index in [1.54, 1.807) is 0 Å². The maximum absolute atomic E-state index is 3.54. The van der Waals surface area contributed by atoms with Gasteiger partial charge in [0.25, 0.3) is 0 Å². The van der Waals surface area contributed by atoms with E-state index in [2.05, 4.69) is 58.4 Å². The van der Waals surface area contributed by atoms with Gasteiger partial charge in [-0.3, -0.25) is 0 Å². The van der Waals surface area contributed by atoms with Crippen molar-refractivity contribution in [2.45, 2.75) is 13.0 Å². The highest BCUT2D eigenvalue weighted by atomic mass is 79.9. The molecule has 84 valence electrons. The molecule has 0 spiro atoms. The molecule has 2 nitrogen and oxygen atoms in total. The second-order valence-electron chi connectivity index (χ2n) is 3.93. The van der Waals surface area contributed by atoms with Gasteiger partial charge in [-0.25, -0.2) is 0 Å². The average Bonchev–Trinajstić information content (AvgIpc) is 2.20. The van der Waals surface area contributed by atoms with Gasteiger partial charge in [0.1, 0.15) is 0 Å². The van der Waals surface area contributed by atoms with Crippen molar-refractivity contribution in [3.63, 3.8) is 0 Å². The molecule has 1 aromatic carbocycles. The molecule has 0 saturated heterocycles. The van der Waals surface area contributed by atoms with E-state index in [1.165, 1.54) is 16.5 Å². The molecule has 0 aliphatic rings.